The summed E-state index contributed by atoms with van der Waals surface area (Å²) >= 11 is 0. The highest BCUT2D eigenvalue weighted by Gasteiger charge is 2.51. The molecule has 0 radical (unpaired) electrons. The van der Waals surface area contributed by atoms with Gasteiger partial charge in [0.05, 0.1) is 5.48 Å². The van der Waals surface area contributed by atoms with E-state index in [1.807, 2.05) is 6.07 Å². The van der Waals surface area contributed by atoms with Crippen LogP contribution in [0.3, 0.4) is 0 Å². The molecule has 0 fully saturated rings. The van der Waals surface area contributed by atoms with Gasteiger partial charge in [0.15, 0.2) is 8.07 Å². The zero-order chi connectivity index (χ0) is 41.1. The molecule has 56 heavy (non-hydrogen) atoms. The molecule has 0 aliphatic carbocycles. The van der Waals surface area contributed by atoms with Crippen molar-refractivity contribution in [3.8, 4) is 33.8 Å². The van der Waals surface area contributed by atoms with E-state index >= 15 is 0 Å². The molecule has 3 aliphatic rings. The summed E-state index contributed by atoms with van der Waals surface area (Å²) in [5.74, 6) is 0.775. The van der Waals surface area contributed by atoms with Gasteiger partial charge in [-0.05, 0) is 107 Å². The van der Waals surface area contributed by atoms with Gasteiger partial charge < -0.3 is 9.64 Å². The Balaban J connectivity index is 1.28. The second-order valence-electron chi connectivity index (χ2n) is 16.2. The molecule has 3 heterocycles. The molecule has 0 saturated heterocycles. The second kappa shape index (κ2) is 12.3. The van der Waals surface area contributed by atoms with Crippen molar-refractivity contribution in [3.63, 3.8) is 0 Å². The Labute approximate surface area is 336 Å². The Morgan fingerprint density at radius 1 is 0.554 bits per heavy atom. The highest BCUT2D eigenvalue weighted by molar-refractivity contribution is 7.22. The number of anilines is 3. The number of ether oxygens (including phenoxy) is 1. The smallest absolute Gasteiger partial charge is 0.256 e. The number of nitrogens with zero attached hydrogens (tertiary/aromatic N) is 1. The van der Waals surface area contributed by atoms with Crippen molar-refractivity contribution in [2.24, 2.45) is 0 Å². The van der Waals surface area contributed by atoms with E-state index in [9.17, 15) is 2.74 Å². The number of hydrogen-bond donors (Lipinski definition) is 0. The van der Waals surface area contributed by atoms with Crippen LogP contribution in [-0.2, 0) is 5.41 Å². The van der Waals surface area contributed by atoms with E-state index in [2.05, 4.69) is 183 Å². The molecule has 4 heteroatoms. The van der Waals surface area contributed by atoms with Gasteiger partial charge in [-0.2, -0.15) is 0 Å². The third-order valence-corrected chi connectivity index (χ3v) is 17.0. The Bertz CT molecular complexity index is 3000. The van der Waals surface area contributed by atoms with Gasteiger partial charge in [-0.1, -0.05) is 172 Å². The fourth-order valence-corrected chi connectivity index (χ4v) is 14.7. The lowest BCUT2D eigenvalue weighted by molar-refractivity contribution is 0.487. The van der Waals surface area contributed by atoms with E-state index in [1.54, 1.807) is 0 Å². The summed E-state index contributed by atoms with van der Waals surface area (Å²) in [6.45, 7) is 6.12. The first kappa shape index (κ1) is 29.0. The molecule has 11 rings (SSSR count). The van der Waals surface area contributed by atoms with Crippen molar-refractivity contribution in [2.75, 3.05) is 4.90 Å². The molecule has 3 aliphatic heterocycles. The van der Waals surface area contributed by atoms with Crippen LogP contribution in [0.5, 0.6) is 11.5 Å². The molecule has 0 saturated carbocycles. The first-order valence-corrected chi connectivity index (χ1v) is 21.4. The Morgan fingerprint density at radius 3 is 1.89 bits per heavy atom. The molecule has 0 amide bonds. The summed E-state index contributed by atoms with van der Waals surface area (Å²) in [5, 5.41) is 5.23. The fourth-order valence-electron chi connectivity index (χ4n) is 9.56. The molecule has 0 spiro atoms. The molecule has 266 valence electrons. The standard InChI is InChI=1S/C52H40BNOSi/c1-52(2,3)37-29-27-35(28-30-37)36-31-46-51-48(32-36)55-47-25-15-14-24-43(47)53(51)44-33-42-41-23-13-16-26-49(41)56(39-19-9-5-10-20-39,40-21-11-6-12-22-40)50(42)34-45(44)54(46)38-17-7-4-8-18-38/h4-34H,1-3H3/i14D,15D,24D,25D. The van der Waals surface area contributed by atoms with Crippen LogP contribution in [-0.4, -0.2) is 14.8 Å². The van der Waals surface area contributed by atoms with Gasteiger partial charge >= 0.3 is 0 Å². The van der Waals surface area contributed by atoms with Gasteiger partial charge in [-0.25, -0.2) is 0 Å². The summed E-state index contributed by atoms with van der Waals surface area (Å²) in [7, 11) is -2.90. The largest absolute Gasteiger partial charge is 0.458 e. The van der Waals surface area contributed by atoms with Crippen LogP contribution in [0.15, 0.2) is 188 Å². The van der Waals surface area contributed by atoms with Crippen molar-refractivity contribution in [1.29, 1.82) is 0 Å². The molecule has 0 N–H and O–H groups in total. The number of para-hydroxylation sites is 2. The highest BCUT2D eigenvalue weighted by atomic mass is 28.3. The molecule has 2 nitrogen and oxygen atoms in total. The molecule has 0 atom stereocenters. The summed E-state index contributed by atoms with van der Waals surface area (Å²) in [6, 6.07) is 58.3. The fraction of sp³-hybridized carbons (Fsp3) is 0.0769. The van der Waals surface area contributed by atoms with Gasteiger partial charge in [-0.15, -0.1) is 0 Å². The maximum atomic E-state index is 9.46. The monoisotopic (exact) mass is 737 g/mol. The Kier molecular flexibility index (Phi) is 6.38. The van der Waals surface area contributed by atoms with E-state index in [1.165, 1.54) is 31.9 Å². The number of rotatable bonds is 4. The second-order valence-corrected chi connectivity index (χ2v) is 19.9. The predicted octanol–water partition coefficient (Wildman–Crippen LogP) is 8.41. The lowest BCUT2D eigenvalue weighted by atomic mass is 9.34. The van der Waals surface area contributed by atoms with Crippen LogP contribution in [0.25, 0.3) is 22.3 Å². The lowest BCUT2D eigenvalue weighted by Crippen LogP contribution is -2.73. The van der Waals surface area contributed by atoms with E-state index < -0.39 is 14.8 Å². The summed E-state index contributed by atoms with van der Waals surface area (Å²) < 4.78 is 43.1. The quantitative estimate of drug-likeness (QED) is 0.168. The van der Waals surface area contributed by atoms with Crippen molar-refractivity contribution in [3.05, 3.63) is 194 Å². The first-order valence-electron chi connectivity index (χ1n) is 21.4. The Hall–Kier alpha value is -6.36. The minimum atomic E-state index is -2.90. The van der Waals surface area contributed by atoms with Crippen LogP contribution in [0.4, 0.5) is 17.1 Å². The van der Waals surface area contributed by atoms with Crippen LogP contribution in [0.1, 0.15) is 31.8 Å². The zero-order valence-electron chi connectivity index (χ0n) is 35.5. The highest BCUT2D eigenvalue weighted by Crippen LogP contribution is 2.44. The number of hydrogen-bond acceptors (Lipinski definition) is 2. The predicted molar refractivity (Wildman–Crippen MR) is 239 cm³/mol. The van der Waals surface area contributed by atoms with Gasteiger partial charge in [0.25, 0.3) is 6.71 Å². The van der Waals surface area contributed by atoms with E-state index in [4.69, 9.17) is 7.48 Å². The van der Waals surface area contributed by atoms with E-state index in [-0.39, 0.29) is 35.3 Å². The number of fused-ring (bicyclic) bond motifs is 7. The van der Waals surface area contributed by atoms with Crippen LogP contribution in [0.2, 0.25) is 0 Å². The van der Waals surface area contributed by atoms with Crippen molar-refractivity contribution >= 4 is 69.0 Å². The summed E-state index contributed by atoms with van der Waals surface area (Å²) in [4.78, 5) is 2.36. The third-order valence-electron chi connectivity index (χ3n) is 12.1. The molecule has 0 bridgehead atoms. The van der Waals surface area contributed by atoms with Crippen molar-refractivity contribution < 1.29 is 10.2 Å². The summed E-state index contributed by atoms with van der Waals surface area (Å²) in [6.07, 6.45) is 0. The van der Waals surface area contributed by atoms with E-state index in [0.29, 0.717) is 11.2 Å². The average molecular weight is 738 g/mol. The van der Waals surface area contributed by atoms with Crippen LogP contribution >= 0.6 is 0 Å². The first-order chi connectivity index (χ1) is 29.1. The third kappa shape index (κ3) is 4.75. The van der Waals surface area contributed by atoms with Gasteiger partial charge in [0.2, 0.25) is 0 Å². The molecular weight excluding hydrogens is 693 g/mol. The maximum absolute atomic E-state index is 9.46. The molecule has 8 aromatic rings. The van der Waals surface area contributed by atoms with Crippen LogP contribution < -0.4 is 46.8 Å². The average Bonchev–Trinajstić information content (AvgIpc) is 3.57. The van der Waals surface area contributed by atoms with Crippen LogP contribution in [0, 0.1) is 0 Å². The molecular formula is C52H40BNOSi. The van der Waals surface area contributed by atoms with Gasteiger partial charge in [-0.3, -0.25) is 0 Å². The maximum Gasteiger partial charge on any atom is 0.256 e. The van der Waals surface area contributed by atoms with Gasteiger partial charge in [0.1, 0.15) is 11.5 Å². The minimum absolute atomic E-state index is 0.00461. The summed E-state index contributed by atoms with van der Waals surface area (Å²) in [5.41, 5.74) is 10.8. The Morgan fingerprint density at radius 2 is 1.20 bits per heavy atom. The van der Waals surface area contributed by atoms with Gasteiger partial charge in [0, 0.05) is 17.1 Å². The van der Waals surface area contributed by atoms with Crippen molar-refractivity contribution in [1.82, 2.24) is 0 Å². The molecule has 8 aromatic carbocycles. The topological polar surface area (TPSA) is 12.5 Å². The number of benzene rings is 8. The van der Waals surface area contributed by atoms with Crippen molar-refractivity contribution in [2.45, 2.75) is 26.2 Å². The zero-order valence-corrected chi connectivity index (χ0v) is 32.5. The SMILES string of the molecule is [2H]c1c([2H])c([2H])c2c(c1[2H])Oc1cc(-c3ccc(C(C)(C)C)cc3)cc3c1B2c1cc2c(cc1N3c1ccccc1)[Si](c1ccccc1)(c1ccccc1)c1ccccc1-2. The molecule has 0 unspecified atom stereocenters. The normalized spacial score (nSPS) is 15.2. The van der Waals surface area contributed by atoms with E-state index in [0.717, 1.165) is 44.7 Å². The molecule has 0 aromatic heterocycles. The lowest BCUT2D eigenvalue weighted by Gasteiger charge is -2.41. The minimum Gasteiger partial charge on any atom is -0.458 e.